The molecule has 0 amide bonds. The number of nitrogens with zero attached hydrogens (tertiary/aromatic N) is 1. The fourth-order valence-corrected chi connectivity index (χ4v) is 2.56. The van der Waals surface area contributed by atoms with E-state index in [-0.39, 0.29) is 12.1 Å². The predicted molar refractivity (Wildman–Crippen MR) is 90.7 cm³/mol. The van der Waals surface area contributed by atoms with Gasteiger partial charge in [0.25, 0.3) is 0 Å². The van der Waals surface area contributed by atoms with E-state index in [1.807, 2.05) is 24.3 Å². The van der Waals surface area contributed by atoms with Crippen molar-refractivity contribution in [3.05, 3.63) is 24.3 Å². The number of rotatable bonds is 7. The van der Waals surface area contributed by atoms with Crippen molar-refractivity contribution in [1.82, 2.24) is 0 Å². The molecule has 3 N–H and O–H groups in total. The molecule has 0 unspecified atom stereocenters. The summed E-state index contributed by atoms with van der Waals surface area (Å²) in [7, 11) is 1.61. The largest absolute Gasteiger partial charge is 0.497 e. The van der Waals surface area contributed by atoms with Gasteiger partial charge in [-0.3, -0.25) is 9.79 Å². The third-order valence-corrected chi connectivity index (χ3v) is 3.76. The second-order valence-electron chi connectivity index (χ2n) is 5.62. The Balaban J connectivity index is 1.66. The molecular formula is C17H25N3O3. The van der Waals surface area contributed by atoms with Crippen molar-refractivity contribution in [3.63, 3.8) is 0 Å². The summed E-state index contributed by atoms with van der Waals surface area (Å²) in [6.45, 7) is 0.489. The molecule has 126 valence electrons. The van der Waals surface area contributed by atoms with Crippen LogP contribution in [0.25, 0.3) is 0 Å². The maximum absolute atomic E-state index is 11.7. The van der Waals surface area contributed by atoms with Crippen LogP contribution in [0, 0.1) is 0 Å². The number of guanidine groups is 1. The molecule has 0 aliphatic heterocycles. The first-order valence-electron chi connectivity index (χ1n) is 8.08. The molecule has 0 atom stereocenters. The van der Waals surface area contributed by atoms with Crippen LogP contribution in [0.3, 0.4) is 0 Å². The summed E-state index contributed by atoms with van der Waals surface area (Å²) >= 11 is 0. The Hall–Kier alpha value is -2.24. The lowest BCUT2D eigenvalue weighted by Crippen LogP contribution is -2.23. The summed E-state index contributed by atoms with van der Waals surface area (Å²) in [5, 5.41) is 3.00. The maximum atomic E-state index is 11.7. The third kappa shape index (κ3) is 6.18. The first kappa shape index (κ1) is 17.1. The van der Waals surface area contributed by atoms with Crippen LogP contribution in [-0.4, -0.2) is 31.7 Å². The topological polar surface area (TPSA) is 85.9 Å². The second kappa shape index (κ2) is 9.02. The van der Waals surface area contributed by atoms with Gasteiger partial charge in [-0.15, -0.1) is 0 Å². The van der Waals surface area contributed by atoms with Gasteiger partial charge in [0, 0.05) is 24.7 Å². The van der Waals surface area contributed by atoms with E-state index in [0.29, 0.717) is 25.3 Å². The van der Waals surface area contributed by atoms with Gasteiger partial charge >= 0.3 is 5.97 Å². The van der Waals surface area contributed by atoms with E-state index in [0.717, 1.165) is 37.1 Å². The molecule has 6 heteroatoms. The molecule has 0 heterocycles. The van der Waals surface area contributed by atoms with E-state index in [1.54, 1.807) is 7.11 Å². The number of carbonyl (C=O) groups is 1. The van der Waals surface area contributed by atoms with Gasteiger partial charge in [-0.25, -0.2) is 0 Å². The molecular weight excluding hydrogens is 294 g/mol. The normalized spacial score (nSPS) is 15.4. The van der Waals surface area contributed by atoms with Crippen molar-refractivity contribution >= 4 is 17.6 Å². The maximum Gasteiger partial charge on any atom is 0.306 e. The first-order valence-corrected chi connectivity index (χ1v) is 8.08. The Morgan fingerprint density at radius 1 is 1.39 bits per heavy atom. The average Bonchev–Trinajstić information content (AvgIpc) is 3.04. The van der Waals surface area contributed by atoms with Gasteiger partial charge in [-0.2, -0.15) is 0 Å². The van der Waals surface area contributed by atoms with Crippen LogP contribution in [0.15, 0.2) is 29.3 Å². The number of methoxy groups -OCH3 is 1. The molecule has 0 bridgehead atoms. The summed E-state index contributed by atoms with van der Waals surface area (Å²) in [6, 6.07) is 7.44. The van der Waals surface area contributed by atoms with E-state index in [1.165, 1.54) is 0 Å². The van der Waals surface area contributed by atoms with Gasteiger partial charge in [-0.1, -0.05) is 6.07 Å². The number of aliphatic imine (C=N–C) groups is 1. The van der Waals surface area contributed by atoms with Crippen molar-refractivity contribution in [2.24, 2.45) is 10.7 Å². The summed E-state index contributed by atoms with van der Waals surface area (Å²) in [5.41, 5.74) is 6.64. The quantitative estimate of drug-likeness (QED) is 0.349. The lowest BCUT2D eigenvalue weighted by atomic mass is 10.3. The highest BCUT2D eigenvalue weighted by Crippen LogP contribution is 2.21. The van der Waals surface area contributed by atoms with Crippen molar-refractivity contribution in [3.8, 4) is 5.75 Å². The minimum atomic E-state index is -0.133. The van der Waals surface area contributed by atoms with E-state index in [9.17, 15) is 4.79 Å². The SMILES string of the molecule is COc1cccc(NC(N)=NCCCC(=O)OC2CCCC2)c1. The Bertz CT molecular complexity index is 540. The Morgan fingerprint density at radius 2 is 2.17 bits per heavy atom. The fraction of sp³-hybridized carbons (Fsp3) is 0.529. The Labute approximate surface area is 137 Å². The number of hydrogen-bond donors (Lipinski definition) is 2. The van der Waals surface area contributed by atoms with Crippen LogP contribution < -0.4 is 15.8 Å². The highest BCUT2D eigenvalue weighted by molar-refractivity contribution is 5.92. The molecule has 1 aliphatic rings. The van der Waals surface area contributed by atoms with Gasteiger partial charge in [0.05, 0.1) is 7.11 Å². The van der Waals surface area contributed by atoms with Crippen LogP contribution in [-0.2, 0) is 9.53 Å². The molecule has 0 spiro atoms. The molecule has 2 rings (SSSR count). The zero-order chi connectivity index (χ0) is 16.5. The molecule has 1 aliphatic carbocycles. The summed E-state index contributed by atoms with van der Waals surface area (Å²) in [6.07, 6.45) is 5.47. The van der Waals surface area contributed by atoms with Crippen molar-refractivity contribution in [1.29, 1.82) is 0 Å². The van der Waals surface area contributed by atoms with E-state index in [4.69, 9.17) is 15.2 Å². The van der Waals surface area contributed by atoms with Gasteiger partial charge in [-0.05, 0) is 44.2 Å². The Morgan fingerprint density at radius 3 is 2.91 bits per heavy atom. The minimum absolute atomic E-state index is 0.130. The monoisotopic (exact) mass is 319 g/mol. The number of nitrogens with two attached hydrogens (primary N) is 1. The highest BCUT2D eigenvalue weighted by atomic mass is 16.5. The zero-order valence-electron chi connectivity index (χ0n) is 13.6. The van der Waals surface area contributed by atoms with Crippen LogP contribution in [0.1, 0.15) is 38.5 Å². The molecule has 23 heavy (non-hydrogen) atoms. The van der Waals surface area contributed by atoms with Crippen molar-refractivity contribution in [2.75, 3.05) is 19.0 Å². The number of ether oxygens (including phenoxy) is 2. The van der Waals surface area contributed by atoms with E-state index >= 15 is 0 Å². The lowest BCUT2D eigenvalue weighted by Gasteiger charge is -2.10. The average molecular weight is 319 g/mol. The molecule has 1 saturated carbocycles. The zero-order valence-corrected chi connectivity index (χ0v) is 13.6. The van der Waals surface area contributed by atoms with Crippen LogP contribution >= 0.6 is 0 Å². The van der Waals surface area contributed by atoms with Crippen LogP contribution in [0.2, 0.25) is 0 Å². The predicted octanol–water partition coefficient (Wildman–Crippen LogP) is 2.69. The lowest BCUT2D eigenvalue weighted by molar-refractivity contribution is -0.148. The van der Waals surface area contributed by atoms with Gasteiger partial charge in [0.1, 0.15) is 11.9 Å². The number of nitrogens with one attached hydrogen (secondary N) is 1. The molecule has 0 aromatic heterocycles. The molecule has 1 aromatic carbocycles. The summed E-state index contributed by atoms with van der Waals surface area (Å²) in [5.74, 6) is 0.936. The van der Waals surface area contributed by atoms with Crippen molar-refractivity contribution < 1.29 is 14.3 Å². The third-order valence-electron chi connectivity index (χ3n) is 3.76. The number of esters is 1. The molecule has 1 fully saturated rings. The summed E-state index contributed by atoms with van der Waals surface area (Å²) in [4.78, 5) is 15.9. The van der Waals surface area contributed by atoms with E-state index in [2.05, 4.69) is 10.3 Å². The fourth-order valence-electron chi connectivity index (χ4n) is 2.56. The number of hydrogen-bond acceptors (Lipinski definition) is 4. The first-order chi connectivity index (χ1) is 11.2. The summed E-state index contributed by atoms with van der Waals surface area (Å²) < 4.78 is 10.5. The van der Waals surface area contributed by atoms with Gasteiger partial charge < -0.3 is 20.5 Å². The molecule has 6 nitrogen and oxygen atoms in total. The van der Waals surface area contributed by atoms with E-state index < -0.39 is 0 Å². The Kier molecular flexibility index (Phi) is 6.72. The number of carbonyl (C=O) groups excluding carboxylic acids is 1. The van der Waals surface area contributed by atoms with Crippen LogP contribution in [0.5, 0.6) is 5.75 Å². The van der Waals surface area contributed by atoms with Gasteiger partial charge in [0.2, 0.25) is 0 Å². The molecule has 0 radical (unpaired) electrons. The highest BCUT2D eigenvalue weighted by Gasteiger charge is 2.18. The molecule has 0 saturated heterocycles. The second-order valence-corrected chi connectivity index (χ2v) is 5.62. The van der Waals surface area contributed by atoms with Crippen LogP contribution in [0.4, 0.5) is 5.69 Å². The standard InChI is InChI=1S/C17H25N3O3/c1-22-15-9-4-6-13(12-15)20-17(18)19-11-5-10-16(21)23-14-7-2-3-8-14/h4,6,9,12,14H,2-3,5,7-8,10-11H2,1H3,(H3,18,19,20). The van der Waals surface area contributed by atoms with Gasteiger partial charge in [0.15, 0.2) is 5.96 Å². The number of anilines is 1. The van der Waals surface area contributed by atoms with Crippen molar-refractivity contribution in [2.45, 2.75) is 44.6 Å². The minimum Gasteiger partial charge on any atom is -0.497 e. The molecule has 1 aromatic rings. The smallest absolute Gasteiger partial charge is 0.306 e. The number of benzene rings is 1.